The fourth-order valence-electron chi connectivity index (χ4n) is 2.60. The number of rotatable bonds is 3. The molecule has 0 aliphatic carbocycles. The zero-order valence-electron chi connectivity index (χ0n) is 15.7. The molecule has 0 atom stereocenters. The SMILES string of the molecule is CNCc1csc(-c2cc(C(C)(C)C)c(O)c(C(C)(C)C)c2)n1.Cl. The van der Waals surface area contributed by atoms with E-state index in [2.05, 4.69) is 64.4 Å². The van der Waals surface area contributed by atoms with E-state index in [9.17, 15) is 5.11 Å². The predicted molar refractivity (Wildman–Crippen MR) is 107 cm³/mol. The minimum atomic E-state index is -0.120. The van der Waals surface area contributed by atoms with Crippen LogP contribution < -0.4 is 5.32 Å². The van der Waals surface area contributed by atoms with Crippen molar-refractivity contribution in [3.05, 3.63) is 34.3 Å². The van der Waals surface area contributed by atoms with E-state index in [1.807, 2.05) is 7.05 Å². The Hall–Kier alpha value is -1.10. The highest BCUT2D eigenvalue weighted by Gasteiger charge is 2.27. The number of nitrogens with one attached hydrogen (secondary N) is 1. The molecular formula is C19H29ClN2OS. The number of phenolic OH excluding ortho intramolecular Hbond substituents is 1. The van der Waals surface area contributed by atoms with Crippen molar-refractivity contribution < 1.29 is 5.11 Å². The number of thiazole rings is 1. The summed E-state index contributed by atoms with van der Waals surface area (Å²) in [6, 6.07) is 4.18. The molecule has 0 spiro atoms. The molecule has 24 heavy (non-hydrogen) atoms. The highest BCUT2D eigenvalue weighted by atomic mass is 35.5. The molecule has 5 heteroatoms. The van der Waals surface area contributed by atoms with Gasteiger partial charge in [-0.25, -0.2) is 4.98 Å². The third-order valence-corrected chi connectivity index (χ3v) is 4.82. The molecule has 0 saturated heterocycles. The van der Waals surface area contributed by atoms with Gasteiger partial charge < -0.3 is 10.4 Å². The summed E-state index contributed by atoms with van der Waals surface area (Å²) in [7, 11) is 1.93. The second-order valence-electron chi connectivity index (χ2n) is 8.09. The van der Waals surface area contributed by atoms with Crippen molar-refractivity contribution in [3.8, 4) is 16.3 Å². The summed E-state index contributed by atoms with van der Waals surface area (Å²) in [5, 5.41) is 17.0. The summed E-state index contributed by atoms with van der Waals surface area (Å²) >= 11 is 1.65. The molecule has 134 valence electrons. The van der Waals surface area contributed by atoms with Gasteiger partial charge in [-0.2, -0.15) is 0 Å². The van der Waals surface area contributed by atoms with Crippen LogP contribution in [0.3, 0.4) is 0 Å². The summed E-state index contributed by atoms with van der Waals surface area (Å²) < 4.78 is 0. The molecule has 1 aromatic carbocycles. The van der Waals surface area contributed by atoms with Gasteiger partial charge in [0.1, 0.15) is 10.8 Å². The number of halogens is 1. The van der Waals surface area contributed by atoms with E-state index < -0.39 is 0 Å². The third kappa shape index (κ3) is 4.50. The van der Waals surface area contributed by atoms with Crippen LogP contribution in [0.1, 0.15) is 58.4 Å². The lowest BCUT2D eigenvalue weighted by molar-refractivity contribution is 0.423. The number of aromatic hydroxyl groups is 1. The van der Waals surface area contributed by atoms with Crippen molar-refractivity contribution in [2.45, 2.75) is 58.9 Å². The number of aromatic nitrogens is 1. The molecule has 0 amide bonds. The maximum absolute atomic E-state index is 10.8. The third-order valence-electron chi connectivity index (χ3n) is 3.88. The fraction of sp³-hybridized carbons (Fsp3) is 0.526. The fourth-order valence-corrected chi connectivity index (χ4v) is 3.41. The molecule has 3 nitrogen and oxygen atoms in total. The van der Waals surface area contributed by atoms with E-state index in [4.69, 9.17) is 4.98 Å². The van der Waals surface area contributed by atoms with E-state index in [0.717, 1.165) is 33.9 Å². The lowest BCUT2D eigenvalue weighted by Crippen LogP contribution is -2.17. The molecule has 0 fully saturated rings. The smallest absolute Gasteiger partial charge is 0.123 e. The van der Waals surface area contributed by atoms with Crippen LogP contribution in [0, 0.1) is 0 Å². The van der Waals surface area contributed by atoms with Crippen molar-refractivity contribution >= 4 is 23.7 Å². The minimum absolute atomic E-state index is 0. The van der Waals surface area contributed by atoms with Crippen molar-refractivity contribution in [3.63, 3.8) is 0 Å². The van der Waals surface area contributed by atoms with Crippen molar-refractivity contribution in [1.82, 2.24) is 10.3 Å². The minimum Gasteiger partial charge on any atom is -0.507 e. The first kappa shape index (κ1) is 20.9. The van der Waals surface area contributed by atoms with Gasteiger partial charge >= 0.3 is 0 Å². The number of nitrogens with zero attached hydrogens (tertiary/aromatic N) is 1. The second-order valence-corrected chi connectivity index (χ2v) is 8.95. The van der Waals surface area contributed by atoms with Gasteiger partial charge in [0.2, 0.25) is 0 Å². The number of hydrogen-bond acceptors (Lipinski definition) is 4. The standard InChI is InChI=1S/C19H28N2OS.ClH/c1-18(2,3)14-8-12(9-15(16(14)22)19(4,5)6)17-21-13(10-20-7)11-23-17;/h8-9,11,20,22H,10H2,1-7H3;1H. The van der Waals surface area contributed by atoms with Crippen LogP contribution in [0.4, 0.5) is 0 Å². The van der Waals surface area contributed by atoms with Crippen molar-refractivity contribution in [1.29, 1.82) is 0 Å². The molecule has 2 N–H and O–H groups in total. The van der Waals surface area contributed by atoms with E-state index >= 15 is 0 Å². The Labute approximate surface area is 155 Å². The van der Waals surface area contributed by atoms with Crippen LogP contribution in [0.5, 0.6) is 5.75 Å². The second kappa shape index (κ2) is 7.42. The molecule has 0 unspecified atom stereocenters. The van der Waals surface area contributed by atoms with Gasteiger partial charge in [0, 0.05) is 28.6 Å². The van der Waals surface area contributed by atoms with Gasteiger partial charge in [-0.3, -0.25) is 0 Å². The van der Waals surface area contributed by atoms with Crippen LogP contribution in [0.2, 0.25) is 0 Å². The number of benzene rings is 1. The molecule has 1 aromatic heterocycles. The maximum Gasteiger partial charge on any atom is 0.123 e. The highest BCUT2D eigenvalue weighted by Crippen LogP contribution is 2.42. The average molecular weight is 369 g/mol. The molecule has 0 saturated carbocycles. The maximum atomic E-state index is 10.8. The van der Waals surface area contributed by atoms with Crippen LogP contribution in [0.15, 0.2) is 17.5 Å². The van der Waals surface area contributed by atoms with Gasteiger partial charge in [0.15, 0.2) is 0 Å². The Morgan fingerprint density at radius 3 is 1.96 bits per heavy atom. The monoisotopic (exact) mass is 368 g/mol. The lowest BCUT2D eigenvalue weighted by Gasteiger charge is -2.28. The molecule has 2 rings (SSSR count). The largest absolute Gasteiger partial charge is 0.507 e. The van der Waals surface area contributed by atoms with Crippen LogP contribution >= 0.6 is 23.7 Å². The molecule has 2 aromatic rings. The quantitative estimate of drug-likeness (QED) is 0.777. The first-order valence-corrected chi connectivity index (χ1v) is 8.89. The van der Waals surface area contributed by atoms with Crippen molar-refractivity contribution in [2.75, 3.05) is 7.05 Å². The molecular weight excluding hydrogens is 340 g/mol. The summed E-state index contributed by atoms with van der Waals surface area (Å²) in [6.07, 6.45) is 0. The van der Waals surface area contributed by atoms with E-state index in [1.54, 1.807) is 11.3 Å². The van der Waals surface area contributed by atoms with E-state index in [-0.39, 0.29) is 23.2 Å². The van der Waals surface area contributed by atoms with Crippen LogP contribution in [-0.2, 0) is 17.4 Å². The van der Waals surface area contributed by atoms with Gasteiger partial charge in [0.05, 0.1) is 5.69 Å². The Morgan fingerprint density at radius 2 is 1.54 bits per heavy atom. The Kier molecular flexibility index (Phi) is 6.48. The molecule has 0 bridgehead atoms. The predicted octanol–water partition coefficient (Wildman–Crippen LogP) is 5.25. The Balaban J connectivity index is 0.00000288. The summed E-state index contributed by atoms with van der Waals surface area (Å²) in [4.78, 5) is 4.72. The molecule has 0 radical (unpaired) electrons. The van der Waals surface area contributed by atoms with Crippen LogP contribution in [-0.4, -0.2) is 17.1 Å². The van der Waals surface area contributed by atoms with Gasteiger partial charge in [-0.1, -0.05) is 41.5 Å². The van der Waals surface area contributed by atoms with Gasteiger partial charge in [-0.05, 0) is 30.0 Å². The van der Waals surface area contributed by atoms with E-state index in [0.29, 0.717) is 5.75 Å². The highest BCUT2D eigenvalue weighted by molar-refractivity contribution is 7.13. The number of hydrogen-bond donors (Lipinski definition) is 2. The first-order valence-electron chi connectivity index (χ1n) is 8.01. The molecule has 0 aliphatic heterocycles. The number of phenols is 1. The zero-order valence-corrected chi connectivity index (χ0v) is 17.3. The van der Waals surface area contributed by atoms with Gasteiger partial charge in [-0.15, -0.1) is 23.7 Å². The van der Waals surface area contributed by atoms with Crippen molar-refractivity contribution in [2.24, 2.45) is 0 Å². The summed E-state index contributed by atoms with van der Waals surface area (Å²) in [5.41, 5.74) is 3.85. The van der Waals surface area contributed by atoms with Crippen LogP contribution in [0.25, 0.3) is 10.6 Å². The molecule has 1 heterocycles. The summed E-state index contributed by atoms with van der Waals surface area (Å²) in [5.74, 6) is 0.417. The van der Waals surface area contributed by atoms with E-state index in [1.165, 1.54) is 0 Å². The first-order chi connectivity index (χ1) is 10.5. The summed E-state index contributed by atoms with van der Waals surface area (Å²) in [6.45, 7) is 13.6. The Bertz CT molecular complexity index is 661. The topological polar surface area (TPSA) is 45.1 Å². The zero-order chi connectivity index (χ0) is 17.4. The Morgan fingerprint density at radius 1 is 1.04 bits per heavy atom. The average Bonchev–Trinajstić information content (AvgIpc) is 2.85. The normalized spacial score (nSPS) is 12.1. The molecule has 0 aliphatic rings. The van der Waals surface area contributed by atoms with Gasteiger partial charge in [0.25, 0.3) is 0 Å². The lowest BCUT2D eigenvalue weighted by atomic mass is 9.78.